The largest absolute Gasteiger partial charge is 0.394 e. The second-order valence-corrected chi connectivity index (χ2v) is 4.18. The van der Waals surface area contributed by atoms with E-state index < -0.39 is 36.9 Å². The van der Waals surface area contributed by atoms with Crippen LogP contribution in [0, 0.1) is 0 Å². The number of nitrogens with zero attached hydrogens (tertiary/aromatic N) is 1. The van der Waals surface area contributed by atoms with Crippen LogP contribution in [0.5, 0.6) is 0 Å². The van der Waals surface area contributed by atoms with Crippen molar-refractivity contribution in [2.24, 2.45) is 4.99 Å². The molecule has 7 heteroatoms. The van der Waals surface area contributed by atoms with E-state index in [0.29, 0.717) is 5.56 Å². The van der Waals surface area contributed by atoms with Gasteiger partial charge in [0.05, 0.1) is 6.61 Å². The van der Waals surface area contributed by atoms with Gasteiger partial charge in [0.2, 0.25) is 0 Å². The predicted octanol–water partition coefficient (Wildman–Crippen LogP) is -1.93. The minimum atomic E-state index is -1.99. The number of hydrogen-bond acceptors (Lipinski definition) is 6. The van der Waals surface area contributed by atoms with Crippen LogP contribution in [0.1, 0.15) is 5.56 Å². The van der Waals surface area contributed by atoms with E-state index in [4.69, 9.17) is 10.2 Å². The van der Waals surface area contributed by atoms with E-state index in [1.165, 1.54) is 6.21 Å². The summed E-state index contributed by atoms with van der Waals surface area (Å²) in [7, 11) is 0. The second kappa shape index (κ2) is 7.83. The molecule has 0 aliphatic heterocycles. The number of rotatable bonds is 6. The molecule has 0 radical (unpaired) electrons. The fourth-order valence-electron chi connectivity index (χ4n) is 1.42. The van der Waals surface area contributed by atoms with E-state index in [1.807, 2.05) is 0 Å². The number of aliphatic imine (C=N–C) groups is 1. The molecule has 0 bridgehead atoms. The standard InChI is InChI=1S/C13H17NO6/c15-7-9(16)10(17)11(18)12(19)13(20)14-6-8-4-2-1-3-5-8/h1-6,9-12,15-19H,7H2. The van der Waals surface area contributed by atoms with Crippen LogP contribution >= 0.6 is 0 Å². The first-order valence-electron chi connectivity index (χ1n) is 5.93. The van der Waals surface area contributed by atoms with Crippen LogP contribution in [0.15, 0.2) is 35.3 Å². The van der Waals surface area contributed by atoms with Crippen molar-refractivity contribution in [1.82, 2.24) is 0 Å². The Labute approximate surface area is 115 Å². The summed E-state index contributed by atoms with van der Waals surface area (Å²) < 4.78 is 0. The number of aliphatic hydroxyl groups excluding tert-OH is 5. The Hall–Kier alpha value is -1.64. The van der Waals surface area contributed by atoms with Crippen molar-refractivity contribution in [3.8, 4) is 0 Å². The highest BCUT2D eigenvalue weighted by atomic mass is 16.4. The van der Waals surface area contributed by atoms with E-state index >= 15 is 0 Å². The fraction of sp³-hybridized carbons (Fsp3) is 0.385. The SMILES string of the molecule is O=C(N=Cc1ccccc1)C(O)C(O)C(O)C(O)CO. The zero-order chi connectivity index (χ0) is 15.1. The molecule has 0 spiro atoms. The van der Waals surface area contributed by atoms with E-state index in [1.54, 1.807) is 30.3 Å². The minimum absolute atomic E-state index is 0.624. The normalized spacial score (nSPS) is 17.6. The van der Waals surface area contributed by atoms with Crippen molar-refractivity contribution in [1.29, 1.82) is 0 Å². The Morgan fingerprint density at radius 2 is 1.70 bits per heavy atom. The molecule has 7 nitrogen and oxygen atoms in total. The maximum atomic E-state index is 11.5. The molecule has 1 amide bonds. The zero-order valence-corrected chi connectivity index (χ0v) is 10.6. The predicted molar refractivity (Wildman–Crippen MR) is 70.2 cm³/mol. The first-order valence-corrected chi connectivity index (χ1v) is 5.93. The quantitative estimate of drug-likeness (QED) is 0.386. The fourth-order valence-corrected chi connectivity index (χ4v) is 1.42. The lowest BCUT2D eigenvalue weighted by Gasteiger charge is -2.23. The number of carbonyl (C=O) groups excluding carboxylic acids is 1. The monoisotopic (exact) mass is 283 g/mol. The molecular weight excluding hydrogens is 266 g/mol. The van der Waals surface area contributed by atoms with Gasteiger partial charge in [0.25, 0.3) is 5.91 Å². The lowest BCUT2D eigenvalue weighted by molar-refractivity contribution is -0.145. The summed E-state index contributed by atoms with van der Waals surface area (Å²) in [6.45, 7) is -0.813. The molecular formula is C13H17NO6. The van der Waals surface area contributed by atoms with Gasteiger partial charge in [-0.1, -0.05) is 30.3 Å². The minimum Gasteiger partial charge on any atom is -0.394 e. The topological polar surface area (TPSA) is 131 Å². The van der Waals surface area contributed by atoms with Crippen LogP contribution in [0.4, 0.5) is 0 Å². The highest BCUT2D eigenvalue weighted by molar-refractivity contribution is 5.94. The Morgan fingerprint density at radius 1 is 1.10 bits per heavy atom. The van der Waals surface area contributed by atoms with Gasteiger partial charge in [0, 0.05) is 6.21 Å². The van der Waals surface area contributed by atoms with E-state index in [2.05, 4.69) is 4.99 Å². The van der Waals surface area contributed by atoms with Crippen LogP contribution in [0.2, 0.25) is 0 Å². The van der Waals surface area contributed by atoms with Gasteiger partial charge < -0.3 is 25.5 Å². The van der Waals surface area contributed by atoms with Crippen molar-refractivity contribution in [3.63, 3.8) is 0 Å². The Kier molecular flexibility index (Phi) is 6.43. The zero-order valence-electron chi connectivity index (χ0n) is 10.6. The van der Waals surface area contributed by atoms with Crippen LogP contribution in [0.3, 0.4) is 0 Å². The summed E-state index contributed by atoms with van der Waals surface area (Å²) in [5.74, 6) is -1.06. The first kappa shape index (κ1) is 16.4. The molecule has 1 aromatic carbocycles. The molecule has 0 aromatic heterocycles. The molecule has 0 aliphatic carbocycles. The van der Waals surface area contributed by atoms with Crippen molar-refractivity contribution in [3.05, 3.63) is 35.9 Å². The number of aliphatic hydroxyl groups is 5. The average Bonchev–Trinajstić information content (AvgIpc) is 2.50. The Morgan fingerprint density at radius 3 is 2.25 bits per heavy atom. The molecule has 4 atom stereocenters. The summed E-state index contributed by atoms with van der Waals surface area (Å²) in [4.78, 5) is 15.0. The van der Waals surface area contributed by atoms with Crippen molar-refractivity contribution in [2.75, 3.05) is 6.61 Å². The smallest absolute Gasteiger partial charge is 0.277 e. The van der Waals surface area contributed by atoms with Crippen molar-refractivity contribution < 1.29 is 30.3 Å². The molecule has 1 aromatic rings. The molecule has 1 rings (SSSR count). The molecule has 0 saturated heterocycles. The highest BCUT2D eigenvalue weighted by Crippen LogP contribution is 2.06. The summed E-state index contributed by atoms with van der Waals surface area (Å²) in [6.07, 6.45) is -6.26. The van der Waals surface area contributed by atoms with E-state index in [9.17, 15) is 20.1 Å². The molecule has 0 heterocycles. The Bertz CT molecular complexity index is 449. The Balaban J connectivity index is 2.65. The van der Waals surface area contributed by atoms with E-state index in [0.717, 1.165) is 0 Å². The summed E-state index contributed by atoms with van der Waals surface area (Å²) in [5, 5.41) is 46.1. The molecule has 0 saturated carbocycles. The van der Waals surface area contributed by atoms with Gasteiger partial charge in [-0.2, -0.15) is 0 Å². The van der Waals surface area contributed by atoms with Gasteiger partial charge in [-0.05, 0) is 5.56 Å². The van der Waals surface area contributed by atoms with Crippen LogP contribution < -0.4 is 0 Å². The molecule has 20 heavy (non-hydrogen) atoms. The van der Waals surface area contributed by atoms with Crippen molar-refractivity contribution >= 4 is 12.1 Å². The van der Waals surface area contributed by atoms with Gasteiger partial charge in [-0.3, -0.25) is 4.79 Å². The second-order valence-electron chi connectivity index (χ2n) is 4.18. The van der Waals surface area contributed by atoms with E-state index in [-0.39, 0.29) is 0 Å². The highest BCUT2D eigenvalue weighted by Gasteiger charge is 2.33. The molecule has 0 aliphatic rings. The number of amides is 1. The van der Waals surface area contributed by atoms with Gasteiger partial charge in [0.1, 0.15) is 18.3 Å². The maximum Gasteiger partial charge on any atom is 0.277 e. The van der Waals surface area contributed by atoms with Crippen LogP contribution in [0.25, 0.3) is 0 Å². The van der Waals surface area contributed by atoms with Crippen LogP contribution in [-0.2, 0) is 4.79 Å². The third-order valence-corrected chi connectivity index (χ3v) is 2.65. The lowest BCUT2D eigenvalue weighted by Crippen LogP contribution is -2.48. The average molecular weight is 283 g/mol. The summed E-state index contributed by atoms with van der Waals surface area (Å²) >= 11 is 0. The number of carbonyl (C=O) groups is 1. The molecule has 4 unspecified atom stereocenters. The third kappa shape index (κ3) is 4.48. The number of benzene rings is 1. The van der Waals surface area contributed by atoms with Crippen molar-refractivity contribution in [2.45, 2.75) is 24.4 Å². The summed E-state index contributed by atoms with van der Waals surface area (Å²) in [5.41, 5.74) is 0.624. The van der Waals surface area contributed by atoms with Gasteiger partial charge in [0.15, 0.2) is 6.10 Å². The third-order valence-electron chi connectivity index (χ3n) is 2.65. The van der Waals surface area contributed by atoms with Gasteiger partial charge >= 0.3 is 0 Å². The van der Waals surface area contributed by atoms with Gasteiger partial charge in [-0.15, -0.1) is 0 Å². The lowest BCUT2D eigenvalue weighted by atomic mass is 10.0. The van der Waals surface area contributed by atoms with Crippen LogP contribution in [-0.4, -0.2) is 68.7 Å². The molecule has 5 N–H and O–H groups in total. The summed E-state index contributed by atoms with van der Waals surface area (Å²) in [6, 6.07) is 8.62. The maximum absolute atomic E-state index is 11.5. The first-order chi connectivity index (χ1) is 9.47. The number of hydrogen-bond donors (Lipinski definition) is 5. The van der Waals surface area contributed by atoms with Gasteiger partial charge in [-0.25, -0.2) is 4.99 Å². The molecule has 110 valence electrons. The molecule has 0 fully saturated rings.